The van der Waals surface area contributed by atoms with Gasteiger partial charge in [-0.2, -0.15) is 5.10 Å². The molecule has 3 atom stereocenters. The van der Waals surface area contributed by atoms with Crippen molar-refractivity contribution in [3.05, 3.63) is 65.1 Å². The van der Waals surface area contributed by atoms with E-state index in [-0.39, 0.29) is 35.7 Å². The van der Waals surface area contributed by atoms with E-state index in [0.717, 1.165) is 29.8 Å². The number of hydrogen-bond acceptors (Lipinski definition) is 7. The van der Waals surface area contributed by atoms with Gasteiger partial charge in [0.1, 0.15) is 11.6 Å². The topological polar surface area (TPSA) is 104 Å². The fraction of sp³-hybridized carbons (Fsp3) is 0.417. The maximum Gasteiger partial charge on any atom is 0.222 e. The number of rotatable bonds is 6. The van der Waals surface area contributed by atoms with E-state index in [1.165, 1.54) is 18.2 Å². The molecule has 2 aliphatic rings. The van der Waals surface area contributed by atoms with Crippen LogP contribution in [0.2, 0.25) is 0 Å². The predicted molar refractivity (Wildman–Crippen MR) is 118 cm³/mol. The highest BCUT2D eigenvalue weighted by Gasteiger charge is 2.65. The number of hydrogen-bond donors (Lipinski definition) is 3. The summed E-state index contributed by atoms with van der Waals surface area (Å²) < 4.78 is 28.8. The van der Waals surface area contributed by atoms with Crippen LogP contribution in [0.25, 0.3) is 11.3 Å². The summed E-state index contributed by atoms with van der Waals surface area (Å²) in [5.74, 6) is -0.852. The minimum atomic E-state index is -0.919. The SMILES string of the molecule is CC1(C)[C@H]2CC[C@@]1(c1ccnc(NC[C@H](O)CO)n1)c1nnc(-c3c(F)cccc3F)cc12. The molecule has 2 heterocycles. The number of halogens is 2. The minimum Gasteiger partial charge on any atom is -0.394 e. The number of benzene rings is 1. The minimum absolute atomic E-state index is 0.118. The van der Waals surface area contributed by atoms with Gasteiger partial charge in [0.25, 0.3) is 0 Å². The van der Waals surface area contributed by atoms with Gasteiger partial charge in [-0.15, -0.1) is 5.10 Å². The smallest absolute Gasteiger partial charge is 0.222 e. The van der Waals surface area contributed by atoms with Gasteiger partial charge in [0.2, 0.25) is 5.95 Å². The summed E-state index contributed by atoms with van der Waals surface area (Å²) in [6.45, 7) is 4.09. The van der Waals surface area contributed by atoms with E-state index < -0.39 is 23.2 Å². The molecule has 0 radical (unpaired) electrons. The van der Waals surface area contributed by atoms with Gasteiger partial charge in [-0.25, -0.2) is 18.7 Å². The molecule has 3 aromatic rings. The van der Waals surface area contributed by atoms with E-state index in [0.29, 0.717) is 5.95 Å². The van der Waals surface area contributed by atoms with Crippen molar-refractivity contribution in [2.45, 2.75) is 44.1 Å². The lowest BCUT2D eigenvalue weighted by Crippen LogP contribution is -2.38. The summed E-state index contributed by atoms with van der Waals surface area (Å²) in [4.78, 5) is 8.97. The molecule has 172 valence electrons. The van der Waals surface area contributed by atoms with Crippen LogP contribution in [0.1, 0.15) is 49.6 Å². The number of aliphatic hydroxyl groups is 2. The molecule has 7 nitrogen and oxygen atoms in total. The molecule has 0 unspecified atom stereocenters. The maximum absolute atomic E-state index is 14.4. The largest absolute Gasteiger partial charge is 0.394 e. The molecule has 1 saturated carbocycles. The molecule has 0 saturated heterocycles. The van der Waals surface area contributed by atoms with Gasteiger partial charge in [0, 0.05) is 12.7 Å². The van der Waals surface area contributed by atoms with E-state index in [9.17, 15) is 13.9 Å². The van der Waals surface area contributed by atoms with Crippen molar-refractivity contribution in [3.8, 4) is 11.3 Å². The van der Waals surface area contributed by atoms with Crippen molar-refractivity contribution >= 4 is 5.95 Å². The zero-order valence-electron chi connectivity index (χ0n) is 18.4. The lowest BCUT2D eigenvalue weighted by Gasteiger charge is -2.37. The fourth-order valence-electron chi connectivity index (χ4n) is 5.71. The molecule has 3 N–H and O–H groups in total. The Balaban J connectivity index is 1.60. The van der Waals surface area contributed by atoms with Crippen LogP contribution in [-0.4, -0.2) is 49.6 Å². The third kappa shape index (κ3) is 3.13. The van der Waals surface area contributed by atoms with Gasteiger partial charge in [-0.3, -0.25) is 0 Å². The highest BCUT2D eigenvalue weighted by Crippen LogP contribution is 2.69. The summed E-state index contributed by atoms with van der Waals surface area (Å²) in [5, 5.41) is 30.4. The van der Waals surface area contributed by atoms with E-state index in [1.54, 1.807) is 12.3 Å². The number of anilines is 1. The number of nitrogens with one attached hydrogen (secondary N) is 1. The molecule has 1 fully saturated rings. The first-order valence-corrected chi connectivity index (χ1v) is 11.0. The van der Waals surface area contributed by atoms with E-state index in [4.69, 9.17) is 10.1 Å². The standard InChI is InChI=1S/C24H25F2N5O2/c1-23(2)15-6-8-24(23,19-7-9-27-22(29-19)28-11-13(33)12-32)21-14(15)10-18(30-31-21)20-16(25)4-3-5-17(20)26/h3-5,7,9-10,13,15,32-33H,6,8,11-12H2,1-2H3,(H,27,28,29)/t13-,15-,24+/m0/s1. The predicted octanol–water partition coefficient (Wildman–Crippen LogP) is 3.18. The lowest BCUT2D eigenvalue weighted by molar-refractivity contribution is 0.105. The quantitative estimate of drug-likeness (QED) is 0.527. The molecule has 0 aliphatic heterocycles. The second-order valence-electron chi connectivity index (χ2n) is 9.33. The normalized spacial score (nSPS) is 23.4. The molecular weight excluding hydrogens is 428 g/mol. The van der Waals surface area contributed by atoms with Gasteiger partial charge >= 0.3 is 0 Å². The number of fused-ring (bicyclic) bond motifs is 5. The van der Waals surface area contributed by atoms with Gasteiger partial charge < -0.3 is 15.5 Å². The lowest BCUT2D eigenvalue weighted by atomic mass is 9.66. The van der Waals surface area contributed by atoms with E-state index >= 15 is 0 Å². The van der Waals surface area contributed by atoms with Crippen molar-refractivity contribution in [2.24, 2.45) is 5.41 Å². The Morgan fingerprint density at radius 2 is 1.94 bits per heavy atom. The number of nitrogens with zero attached hydrogens (tertiary/aromatic N) is 4. The van der Waals surface area contributed by atoms with Crippen molar-refractivity contribution in [1.29, 1.82) is 0 Å². The summed E-state index contributed by atoms with van der Waals surface area (Å²) in [5.41, 5.74) is 1.74. The van der Waals surface area contributed by atoms with Gasteiger partial charge in [-0.1, -0.05) is 19.9 Å². The second-order valence-corrected chi connectivity index (χ2v) is 9.33. The zero-order valence-corrected chi connectivity index (χ0v) is 18.4. The van der Waals surface area contributed by atoms with Crippen LogP contribution in [-0.2, 0) is 5.41 Å². The molecule has 9 heteroatoms. The first-order valence-electron chi connectivity index (χ1n) is 11.0. The molecular formula is C24H25F2N5O2. The Kier molecular flexibility index (Phi) is 5.13. The third-order valence-electron chi connectivity index (χ3n) is 7.40. The van der Waals surface area contributed by atoms with Crippen LogP contribution in [0.15, 0.2) is 36.5 Å². The summed E-state index contributed by atoms with van der Waals surface area (Å²) in [6, 6.07) is 7.39. The first-order chi connectivity index (χ1) is 15.8. The molecule has 33 heavy (non-hydrogen) atoms. The zero-order chi connectivity index (χ0) is 23.4. The summed E-state index contributed by atoms with van der Waals surface area (Å²) >= 11 is 0. The van der Waals surface area contributed by atoms with Crippen LogP contribution >= 0.6 is 0 Å². The van der Waals surface area contributed by atoms with Crippen molar-refractivity contribution in [3.63, 3.8) is 0 Å². The van der Waals surface area contributed by atoms with Crippen LogP contribution in [0, 0.1) is 17.0 Å². The van der Waals surface area contributed by atoms with Gasteiger partial charge in [0.05, 0.1) is 40.8 Å². The Labute approximate surface area is 189 Å². The van der Waals surface area contributed by atoms with Crippen LogP contribution in [0.5, 0.6) is 0 Å². The first kappa shape index (κ1) is 21.8. The average molecular weight is 453 g/mol. The van der Waals surface area contributed by atoms with Crippen molar-refractivity contribution in [2.75, 3.05) is 18.5 Å². The molecule has 2 aromatic heterocycles. The number of aromatic nitrogens is 4. The van der Waals surface area contributed by atoms with E-state index in [1.807, 2.05) is 6.07 Å². The van der Waals surface area contributed by atoms with Crippen molar-refractivity contribution in [1.82, 2.24) is 20.2 Å². The Morgan fingerprint density at radius 3 is 2.67 bits per heavy atom. The van der Waals surface area contributed by atoms with E-state index in [2.05, 4.69) is 34.3 Å². The molecule has 1 aromatic carbocycles. The Hall–Kier alpha value is -3.04. The molecule has 2 aliphatic carbocycles. The second kappa shape index (κ2) is 7.78. The average Bonchev–Trinajstić information content (AvgIpc) is 3.18. The Morgan fingerprint density at radius 1 is 1.18 bits per heavy atom. The highest BCUT2D eigenvalue weighted by atomic mass is 19.1. The number of aliphatic hydroxyl groups excluding tert-OH is 2. The Bertz CT molecular complexity index is 1200. The molecule has 2 bridgehead atoms. The monoisotopic (exact) mass is 453 g/mol. The third-order valence-corrected chi connectivity index (χ3v) is 7.40. The highest BCUT2D eigenvalue weighted by molar-refractivity contribution is 5.64. The van der Waals surface area contributed by atoms with Crippen molar-refractivity contribution < 1.29 is 19.0 Å². The van der Waals surface area contributed by atoms with Gasteiger partial charge in [-0.05, 0) is 54.0 Å². The van der Waals surface area contributed by atoms with Crippen LogP contribution in [0.4, 0.5) is 14.7 Å². The summed E-state index contributed by atoms with van der Waals surface area (Å²) in [7, 11) is 0. The maximum atomic E-state index is 14.4. The van der Waals surface area contributed by atoms with Gasteiger partial charge in [0.15, 0.2) is 0 Å². The molecule has 0 amide bonds. The molecule has 5 rings (SSSR count). The summed E-state index contributed by atoms with van der Waals surface area (Å²) in [6.07, 6.45) is 2.44. The van der Waals surface area contributed by atoms with Crippen LogP contribution in [0.3, 0.4) is 0 Å². The fourth-order valence-corrected chi connectivity index (χ4v) is 5.71. The molecule has 0 spiro atoms. The van der Waals surface area contributed by atoms with Crippen LogP contribution < -0.4 is 5.32 Å².